The van der Waals surface area contributed by atoms with Gasteiger partial charge in [0.1, 0.15) is 0 Å². The van der Waals surface area contributed by atoms with E-state index in [1.54, 1.807) is 24.3 Å². The van der Waals surface area contributed by atoms with Crippen molar-refractivity contribution in [2.45, 2.75) is 69.2 Å². The number of halogens is 4. The zero-order valence-corrected chi connectivity index (χ0v) is 26.5. The average Bonchev–Trinajstić information content (AvgIpc) is 3.86. The summed E-state index contributed by atoms with van der Waals surface area (Å²) in [4.78, 5) is 24.4. The van der Waals surface area contributed by atoms with Crippen LogP contribution in [0.2, 0.25) is 5.02 Å². The lowest BCUT2D eigenvalue weighted by atomic mass is 9.93. The van der Waals surface area contributed by atoms with E-state index in [1.165, 1.54) is 25.3 Å². The minimum absolute atomic E-state index is 0.284. The first-order chi connectivity index (χ1) is 22.2. The van der Waals surface area contributed by atoms with Gasteiger partial charge in [-0.2, -0.15) is 13.2 Å². The highest BCUT2D eigenvalue weighted by molar-refractivity contribution is 6.37. The smallest absolute Gasteiger partial charge is 0.342 e. The molecule has 3 aliphatic rings. The third-order valence-electron chi connectivity index (χ3n) is 10.0. The van der Waals surface area contributed by atoms with E-state index < -0.39 is 17.3 Å². The van der Waals surface area contributed by atoms with Crippen LogP contribution in [0.4, 0.5) is 13.2 Å². The summed E-state index contributed by atoms with van der Waals surface area (Å²) in [7, 11) is 0. The summed E-state index contributed by atoms with van der Waals surface area (Å²) in [6.07, 6.45) is 2.90. The lowest BCUT2D eigenvalue weighted by molar-refractivity contribution is -0.137. The van der Waals surface area contributed by atoms with Crippen LogP contribution in [0.5, 0.6) is 0 Å². The molecule has 46 heavy (non-hydrogen) atoms. The van der Waals surface area contributed by atoms with Crippen molar-refractivity contribution >= 4 is 28.4 Å². The van der Waals surface area contributed by atoms with Crippen molar-refractivity contribution in [3.05, 3.63) is 100 Å². The van der Waals surface area contributed by atoms with Gasteiger partial charge in [-0.05, 0) is 94.5 Å². The van der Waals surface area contributed by atoms with Crippen molar-refractivity contribution in [2.75, 3.05) is 26.2 Å². The molecule has 2 saturated heterocycles. The Labute approximate surface area is 272 Å². The molecule has 0 spiro atoms. The monoisotopic (exact) mass is 646 g/mol. The van der Waals surface area contributed by atoms with Gasteiger partial charge in [-0.1, -0.05) is 66.6 Å². The predicted molar refractivity (Wildman–Crippen MR) is 176 cm³/mol. The number of carbonyl (C=O) groups is 1. The molecular formula is C37H38ClF3N4O. The van der Waals surface area contributed by atoms with Crippen molar-refractivity contribution in [3.63, 3.8) is 0 Å². The molecule has 7 rings (SSSR count). The quantitative estimate of drug-likeness (QED) is 0.219. The molecule has 1 aliphatic carbocycles. The Morgan fingerprint density at radius 2 is 1.63 bits per heavy atom. The Morgan fingerprint density at radius 1 is 0.913 bits per heavy atom. The molecular weight excluding hydrogens is 609 g/mol. The standard InChI is InChI=1S/C37H38ClF3N4O/c38-30-13-8-14-31-33(30)32(35(46)43-36(17-18-36)26-10-3-1-4-11-26)29(34(42-31)25-9-7-12-27(23-25)37(39,40)41)24-44-21-15-28(16-22-44)45-19-5-2-6-20-45/h1,3-4,7-14,23,28H,2,5-6,15-22,24H2,(H,43,46). The summed E-state index contributed by atoms with van der Waals surface area (Å²) in [5, 5.41) is 4.25. The Bertz CT molecular complexity index is 1730. The molecule has 1 aromatic heterocycles. The number of alkyl halides is 3. The number of pyridine rings is 1. The SMILES string of the molecule is O=C(NC1(c2ccccc2)CC1)c1c(CN2CCC(N3CCCCC3)CC2)c(-c2cccc(C(F)(F)F)c2)nc2cccc(Cl)c12. The van der Waals surface area contributed by atoms with Crippen molar-refractivity contribution in [2.24, 2.45) is 0 Å². The van der Waals surface area contributed by atoms with Gasteiger partial charge in [0.25, 0.3) is 5.91 Å². The van der Waals surface area contributed by atoms with Crippen LogP contribution in [-0.4, -0.2) is 52.9 Å². The van der Waals surface area contributed by atoms with Gasteiger partial charge in [0.15, 0.2) is 0 Å². The Balaban J connectivity index is 1.32. The van der Waals surface area contributed by atoms with Crippen LogP contribution >= 0.6 is 11.6 Å². The molecule has 3 aromatic carbocycles. The summed E-state index contributed by atoms with van der Waals surface area (Å²) < 4.78 is 41.7. The van der Waals surface area contributed by atoms with Gasteiger partial charge in [0.2, 0.25) is 0 Å². The number of fused-ring (bicyclic) bond motifs is 1. The minimum Gasteiger partial charge on any atom is -0.342 e. The lowest BCUT2D eigenvalue weighted by Gasteiger charge is -2.40. The fourth-order valence-electron chi connectivity index (χ4n) is 7.39. The number of rotatable bonds is 7. The summed E-state index contributed by atoms with van der Waals surface area (Å²) in [5.41, 5.74) is 1.98. The maximum Gasteiger partial charge on any atom is 0.416 e. The zero-order chi connectivity index (χ0) is 31.9. The highest BCUT2D eigenvalue weighted by Gasteiger charge is 2.46. The Morgan fingerprint density at radius 3 is 2.33 bits per heavy atom. The number of likely N-dealkylation sites (tertiary alicyclic amines) is 2. The lowest BCUT2D eigenvalue weighted by Crippen LogP contribution is -2.46. The molecule has 1 amide bonds. The molecule has 3 fully saturated rings. The number of benzene rings is 3. The van der Waals surface area contributed by atoms with Crippen LogP contribution < -0.4 is 5.32 Å². The molecule has 5 nitrogen and oxygen atoms in total. The Hall–Kier alpha value is -3.46. The van der Waals surface area contributed by atoms with Crippen molar-refractivity contribution < 1.29 is 18.0 Å². The van der Waals surface area contributed by atoms with Gasteiger partial charge in [-0.15, -0.1) is 0 Å². The number of hydrogen-bond acceptors (Lipinski definition) is 4. The molecule has 1 N–H and O–H groups in total. The molecule has 0 radical (unpaired) electrons. The number of piperidine rings is 2. The van der Waals surface area contributed by atoms with E-state index >= 15 is 0 Å². The number of aromatic nitrogens is 1. The van der Waals surface area contributed by atoms with Gasteiger partial charge in [0, 0.05) is 29.1 Å². The van der Waals surface area contributed by atoms with E-state index in [9.17, 15) is 18.0 Å². The zero-order valence-electron chi connectivity index (χ0n) is 25.8. The van der Waals surface area contributed by atoms with E-state index in [2.05, 4.69) is 15.1 Å². The second-order valence-electron chi connectivity index (χ2n) is 13.0. The van der Waals surface area contributed by atoms with E-state index in [1.807, 2.05) is 30.3 Å². The molecule has 0 bridgehead atoms. The summed E-state index contributed by atoms with van der Waals surface area (Å²) in [6, 6.07) is 21.0. The maximum absolute atomic E-state index is 14.6. The van der Waals surface area contributed by atoms with E-state index in [0.29, 0.717) is 50.9 Å². The highest BCUT2D eigenvalue weighted by Crippen LogP contribution is 2.46. The molecule has 2 aliphatic heterocycles. The van der Waals surface area contributed by atoms with Gasteiger partial charge >= 0.3 is 6.18 Å². The fraction of sp³-hybridized carbons (Fsp3) is 0.405. The molecule has 0 unspecified atom stereocenters. The first-order valence-corrected chi connectivity index (χ1v) is 16.7. The van der Waals surface area contributed by atoms with E-state index in [4.69, 9.17) is 16.6 Å². The molecule has 240 valence electrons. The first kappa shape index (κ1) is 31.2. The van der Waals surface area contributed by atoms with Gasteiger partial charge in [0.05, 0.1) is 32.9 Å². The number of carbonyl (C=O) groups excluding carboxylic acids is 1. The van der Waals surface area contributed by atoms with Crippen LogP contribution in [0.15, 0.2) is 72.8 Å². The predicted octanol–water partition coefficient (Wildman–Crippen LogP) is 8.44. The first-order valence-electron chi connectivity index (χ1n) is 16.3. The van der Waals surface area contributed by atoms with Crippen LogP contribution in [-0.2, 0) is 18.3 Å². The van der Waals surface area contributed by atoms with Crippen LogP contribution in [0.1, 0.15) is 72.0 Å². The average molecular weight is 647 g/mol. The van der Waals surface area contributed by atoms with Crippen molar-refractivity contribution in [1.82, 2.24) is 20.1 Å². The van der Waals surface area contributed by atoms with E-state index in [-0.39, 0.29) is 5.91 Å². The fourth-order valence-corrected chi connectivity index (χ4v) is 7.66. The van der Waals surface area contributed by atoms with Gasteiger partial charge in [-0.3, -0.25) is 9.69 Å². The van der Waals surface area contributed by atoms with E-state index in [0.717, 1.165) is 69.6 Å². The number of amides is 1. The van der Waals surface area contributed by atoms with Crippen LogP contribution in [0, 0.1) is 0 Å². The summed E-state index contributed by atoms with van der Waals surface area (Å²) >= 11 is 6.83. The van der Waals surface area contributed by atoms with Gasteiger partial charge < -0.3 is 10.2 Å². The molecule has 9 heteroatoms. The van der Waals surface area contributed by atoms with Crippen molar-refractivity contribution in [3.8, 4) is 11.3 Å². The topological polar surface area (TPSA) is 48.5 Å². The molecule has 3 heterocycles. The Kier molecular flexibility index (Phi) is 8.55. The van der Waals surface area contributed by atoms with Gasteiger partial charge in [-0.25, -0.2) is 4.98 Å². The normalized spacial score (nSPS) is 19.3. The van der Waals surface area contributed by atoms with Crippen molar-refractivity contribution in [1.29, 1.82) is 0 Å². The second kappa shape index (κ2) is 12.6. The third-order valence-corrected chi connectivity index (χ3v) is 10.3. The van der Waals surface area contributed by atoms with Crippen LogP contribution in [0.25, 0.3) is 22.2 Å². The molecule has 1 saturated carbocycles. The summed E-state index contributed by atoms with van der Waals surface area (Å²) in [5.74, 6) is -0.284. The number of hydrogen-bond donors (Lipinski definition) is 1. The highest BCUT2D eigenvalue weighted by atomic mass is 35.5. The number of nitrogens with one attached hydrogen (secondary N) is 1. The second-order valence-corrected chi connectivity index (χ2v) is 13.4. The number of nitrogens with zero attached hydrogens (tertiary/aromatic N) is 3. The molecule has 0 atom stereocenters. The minimum atomic E-state index is -4.51. The maximum atomic E-state index is 14.6. The van der Waals surface area contributed by atoms with Crippen LogP contribution in [0.3, 0.4) is 0 Å². The largest absolute Gasteiger partial charge is 0.416 e. The summed E-state index contributed by atoms with van der Waals surface area (Å²) in [6.45, 7) is 4.33. The third kappa shape index (κ3) is 6.27. The molecule has 4 aromatic rings.